The Labute approximate surface area is 193 Å². The van der Waals surface area contributed by atoms with E-state index in [0.29, 0.717) is 6.07 Å². The zero-order valence-corrected chi connectivity index (χ0v) is 19.1. The molecule has 1 fully saturated rings. The van der Waals surface area contributed by atoms with E-state index in [1.165, 1.54) is 19.2 Å². The fraction of sp³-hybridized carbons (Fsp3) is 0.429. The standard InChI is InChI=1S/C21H22ClF3N2O5S/c1-32-18-10-13(9-17(22)27-18)19(28)26-12-20(29)7-5-15(6-8-20)33(30,31)16-4-2-3-14(11-16)21(23,24)25/h2-4,9-11,15,29H,5-8,12H2,1H3,(H,26,28)/t15-,20+. The molecule has 1 amide bonds. The van der Waals surface area contributed by atoms with Crippen LogP contribution in [0.3, 0.4) is 0 Å². The minimum absolute atomic E-state index is 0.0415. The van der Waals surface area contributed by atoms with E-state index in [0.717, 1.165) is 18.2 Å². The first-order valence-corrected chi connectivity index (χ1v) is 11.9. The van der Waals surface area contributed by atoms with E-state index < -0.39 is 43.2 Å². The summed E-state index contributed by atoms with van der Waals surface area (Å²) in [5.41, 5.74) is -2.21. The number of carbonyl (C=O) groups is 1. The first-order chi connectivity index (χ1) is 15.3. The smallest absolute Gasteiger partial charge is 0.416 e. The second-order valence-corrected chi connectivity index (χ2v) is 10.5. The summed E-state index contributed by atoms with van der Waals surface area (Å²) in [5, 5.41) is 12.5. The van der Waals surface area contributed by atoms with Crippen LogP contribution in [0.1, 0.15) is 41.6 Å². The summed E-state index contributed by atoms with van der Waals surface area (Å²) in [7, 11) is -2.65. The van der Waals surface area contributed by atoms with Gasteiger partial charge in [0.15, 0.2) is 9.84 Å². The first kappa shape index (κ1) is 25.3. The van der Waals surface area contributed by atoms with Crippen molar-refractivity contribution in [2.45, 2.75) is 47.6 Å². The van der Waals surface area contributed by atoms with E-state index in [-0.39, 0.29) is 48.8 Å². The number of sulfone groups is 1. The average molecular weight is 507 g/mol. The number of nitrogens with zero attached hydrogens (tertiary/aromatic N) is 1. The average Bonchev–Trinajstić information content (AvgIpc) is 2.77. The van der Waals surface area contributed by atoms with Crippen molar-refractivity contribution in [3.05, 3.63) is 52.7 Å². The third-order valence-corrected chi connectivity index (χ3v) is 8.07. The molecule has 1 aliphatic rings. The molecule has 1 heterocycles. The van der Waals surface area contributed by atoms with Crippen molar-refractivity contribution in [2.75, 3.05) is 13.7 Å². The van der Waals surface area contributed by atoms with Gasteiger partial charge in [0, 0.05) is 18.2 Å². The Morgan fingerprint density at radius 1 is 1.27 bits per heavy atom. The number of ether oxygens (including phenoxy) is 1. The highest BCUT2D eigenvalue weighted by molar-refractivity contribution is 7.92. The van der Waals surface area contributed by atoms with E-state index in [1.807, 2.05) is 0 Å². The third kappa shape index (κ3) is 5.96. The highest BCUT2D eigenvalue weighted by atomic mass is 35.5. The summed E-state index contributed by atoms with van der Waals surface area (Å²) in [6.07, 6.45) is -4.47. The van der Waals surface area contributed by atoms with Crippen LogP contribution in [0.25, 0.3) is 0 Å². The van der Waals surface area contributed by atoms with Crippen molar-refractivity contribution >= 4 is 27.3 Å². The van der Waals surface area contributed by atoms with Crippen molar-refractivity contribution in [1.82, 2.24) is 10.3 Å². The molecule has 2 aromatic rings. The van der Waals surface area contributed by atoms with Crippen LogP contribution in [0.4, 0.5) is 13.2 Å². The zero-order chi connectivity index (χ0) is 24.4. The van der Waals surface area contributed by atoms with Crippen LogP contribution < -0.4 is 10.1 Å². The second kappa shape index (κ2) is 9.47. The largest absolute Gasteiger partial charge is 0.481 e. The lowest BCUT2D eigenvalue weighted by atomic mass is 9.84. The minimum Gasteiger partial charge on any atom is -0.481 e. The first-order valence-electron chi connectivity index (χ1n) is 9.97. The molecule has 3 rings (SSSR count). The molecule has 1 aromatic carbocycles. The molecule has 33 heavy (non-hydrogen) atoms. The molecule has 0 atom stereocenters. The Morgan fingerprint density at radius 2 is 1.94 bits per heavy atom. The van der Waals surface area contributed by atoms with E-state index >= 15 is 0 Å². The topological polar surface area (TPSA) is 106 Å². The lowest BCUT2D eigenvalue weighted by molar-refractivity contribution is -0.137. The number of benzene rings is 1. The number of rotatable bonds is 6. The highest BCUT2D eigenvalue weighted by Crippen LogP contribution is 2.36. The molecule has 2 N–H and O–H groups in total. The number of nitrogens with one attached hydrogen (secondary N) is 1. The molecule has 0 radical (unpaired) electrons. The van der Waals surface area contributed by atoms with Crippen molar-refractivity contribution in [3.63, 3.8) is 0 Å². The molecule has 0 unspecified atom stereocenters. The van der Waals surface area contributed by atoms with Crippen LogP contribution in [0, 0.1) is 0 Å². The molecule has 0 spiro atoms. The molecule has 1 saturated carbocycles. The molecule has 180 valence electrons. The van der Waals surface area contributed by atoms with Crippen molar-refractivity contribution < 1.29 is 36.2 Å². The molecular formula is C21H22ClF3N2O5S. The van der Waals surface area contributed by atoms with Gasteiger partial charge in [-0.3, -0.25) is 4.79 Å². The fourth-order valence-electron chi connectivity index (χ4n) is 3.71. The number of methoxy groups -OCH3 is 1. The van der Waals surface area contributed by atoms with Crippen LogP contribution in [-0.2, 0) is 16.0 Å². The van der Waals surface area contributed by atoms with Gasteiger partial charge in [0.2, 0.25) is 5.88 Å². The van der Waals surface area contributed by atoms with E-state index in [9.17, 15) is 31.5 Å². The molecule has 0 bridgehead atoms. The predicted molar refractivity (Wildman–Crippen MR) is 114 cm³/mol. The summed E-state index contributed by atoms with van der Waals surface area (Å²) in [5.74, 6) is -0.378. The number of amides is 1. The van der Waals surface area contributed by atoms with E-state index in [2.05, 4.69) is 10.3 Å². The van der Waals surface area contributed by atoms with Gasteiger partial charge in [-0.1, -0.05) is 17.7 Å². The minimum atomic E-state index is -4.65. The SMILES string of the molecule is COc1cc(C(=O)NC[C@]2(O)CC[C@@H](S(=O)(=O)c3cccc(C(F)(F)F)c3)CC2)cc(Cl)n1. The molecule has 0 aliphatic heterocycles. The predicted octanol–water partition coefficient (Wildman–Crippen LogP) is 3.64. The van der Waals surface area contributed by atoms with Crippen LogP contribution in [0.2, 0.25) is 5.15 Å². The maximum atomic E-state index is 13.0. The summed E-state index contributed by atoms with van der Waals surface area (Å²) < 4.78 is 69.6. The Balaban J connectivity index is 1.64. The van der Waals surface area contributed by atoms with Gasteiger partial charge in [0.05, 0.1) is 28.4 Å². The number of carbonyl (C=O) groups excluding carboxylic acids is 1. The van der Waals surface area contributed by atoms with Gasteiger partial charge in [-0.15, -0.1) is 0 Å². The number of pyridine rings is 1. The van der Waals surface area contributed by atoms with E-state index in [1.54, 1.807) is 0 Å². The summed E-state index contributed by atoms with van der Waals surface area (Å²) in [6, 6.07) is 6.35. The number of alkyl halides is 3. The van der Waals surface area contributed by atoms with Gasteiger partial charge in [-0.05, 0) is 49.9 Å². The normalized spacial score (nSPS) is 21.5. The van der Waals surface area contributed by atoms with E-state index in [4.69, 9.17) is 16.3 Å². The monoisotopic (exact) mass is 506 g/mol. The van der Waals surface area contributed by atoms with Crippen molar-refractivity contribution in [2.24, 2.45) is 0 Å². The Kier molecular flexibility index (Phi) is 7.25. The molecule has 1 aliphatic carbocycles. The Morgan fingerprint density at radius 3 is 2.55 bits per heavy atom. The van der Waals surface area contributed by atoms with Crippen LogP contribution in [0.5, 0.6) is 5.88 Å². The number of aromatic nitrogens is 1. The van der Waals surface area contributed by atoms with Gasteiger partial charge in [-0.2, -0.15) is 13.2 Å². The number of hydrogen-bond donors (Lipinski definition) is 2. The number of aliphatic hydroxyl groups is 1. The van der Waals surface area contributed by atoms with Crippen molar-refractivity contribution in [1.29, 1.82) is 0 Å². The fourth-order valence-corrected chi connectivity index (χ4v) is 5.71. The van der Waals surface area contributed by atoms with Gasteiger partial charge in [0.25, 0.3) is 5.91 Å². The Bertz CT molecular complexity index is 1130. The second-order valence-electron chi connectivity index (χ2n) is 7.90. The Hall–Kier alpha value is -2.37. The molecule has 12 heteroatoms. The summed E-state index contributed by atoms with van der Waals surface area (Å²) >= 11 is 5.85. The van der Waals surface area contributed by atoms with Gasteiger partial charge < -0.3 is 15.2 Å². The zero-order valence-electron chi connectivity index (χ0n) is 17.5. The lowest BCUT2D eigenvalue weighted by Gasteiger charge is -2.35. The van der Waals surface area contributed by atoms with Crippen LogP contribution in [0.15, 0.2) is 41.3 Å². The van der Waals surface area contributed by atoms with Crippen molar-refractivity contribution in [3.8, 4) is 5.88 Å². The maximum absolute atomic E-state index is 13.0. The maximum Gasteiger partial charge on any atom is 0.416 e. The molecule has 7 nitrogen and oxygen atoms in total. The quantitative estimate of drug-likeness (QED) is 0.579. The molecular weight excluding hydrogens is 485 g/mol. The summed E-state index contributed by atoms with van der Waals surface area (Å²) in [6.45, 7) is -0.135. The van der Waals surface area contributed by atoms with Gasteiger partial charge in [0.1, 0.15) is 5.15 Å². The molecule has 0 saturated heterocycles. The van der Waals surface area contributed by atoms with Gasteiger partial charge >= 0.3 is 6.18 Å². The van der Waals surface area contributed by atoms with Gasteiger partial charge in [-0.25, -0.2) is 13.4 Å². The molecule has 1 aromatic heterocycles. The number of hydrogen-bond acceptors (Lipinski definition) is 6. The van der Waals surface area contributed by atoms with Crippen LogP contribution in [-0.4, -0.2) is 48.9 Å². The highest BCUT2D eigenvalue weighted by Gasteiger charge is 2.40. The number of halogens is 4. The summed E-state index contributed by atoms with van der Waals surface area (Å²) in [4.78, 5) is 15.9. The third-order valence-electron chi connectivity index (χ3n) is 5.61. The van der Waals surface area contributed by atoms with Crippen LogP contribution >= 0.6 is 11.6 Å². The lowest BCUT2D eigenvalue weighted by Crippen LogP contribution is -2.47.